The zero-order valence-electron chi connectivity index (χ0n) is 15.6. The maximum absolute atomic E-state index is 13.4. The van der Waals surface area contributed by atoms with Crippen molar-refractivity contribution in [2.45, 2.75) is 39.4 Å². The monoisotopic (exact) mass is 372 g/mol. The molecular weight excluding hydrogens is 352 g/mol. The van der Waals surface area contributed by atoms with Crippen molar-refractivity contribution in [3.05, 3.63) is 39.8 Å². The van der Waals surface area contributed by atoms with Gasteiger partial charge in [-0.3, -0.25) is 9.59 Å². The summed E-state index contributed by atoms with van der Waals surface area (Å²) in [5.74, 6) is -2.58. The fraction of sp³-hybridized carbons (Fsp3) is 0.400. The van der Waals surface area contributed by atoms with Crippen molar-refractivity contribution < 1.29 is 34.4 Å². The number of rotatable bonds is 1. The van der Waals surface area contributed by atoms with Gasteiger partial charge in [0.25, 0.3) is 0 Å². The smallest absolute Gasteiger partial charge is 0.232 e. The molecule has 142 valence electrons. The van der Waals surface area contributed by atoms with Crippen molar-refractivity contribution in [3.63, 3.8) is 0 Å². The third kappa shape index (κ3) is 1.71. The van der Waals surface area contributed by atoms with Crippen LogP contribution < -0.4 is 4.74 Å². The van der Waals surface area contributed by atoms with Crippen LogP contribution in [0.5, 0.6) is 11.5 Å². The van der Waals surface area contributed by atoms with E-state index >= 15 is 0 Å². The van der Waals surface area contributed by atoms with Gasteiger partial charge >= 0.3 is 0 Å². The van der Waals surface area contributed by atoms with Crippen molar-refractivity contribution >= 4 is 17.1 Å². The fourth-order valence-electron chi connectivity index (χ4n) is 4.17. The topological polar surface area (TPSA) is 113 Å². The Hall–Kier alpha value is -2.80. The SMILES string of the molecule is COc1cc2c3c(c1O)C(=O)C(O)=C(C)C3=C1OC(C)C(C)(C)C1(O)C2=O. The summed E-state index contributed by atoms with van der Waals surface area (Å²) in [6.45, 7) is 6.70. The van der Waals surface area contributed by atoms with E-state index in [9.17, 15) is 24.9 Å². The van der Waals surface area contributed by atoms with E-state index in [0.29, 0.717) is 0 Å². The molecule has 1 aromatic carbocycles. The normalized spacial score (nSPS) is 28.1. The van der Waals surface area contributed by atoms with Crippen molar-refractivity contribution in [3.8, 4) is 11.5 Å². The molecular formula is C20H20O7. The zero-order chi connectivity index (χ0) is 20.0. The number of carbonyl (C=O) groups is 2. The van der Waals surface area contributed by atoms with E-state index in [1.54, 1.807) is 20.8 Å². The van der Waals surface area contributed by atoms with Crippen molar-refractivity contribution in [1.29, 1.82) is 0 Å². The van der Waals surface area contributed by atoms with Crippen molar-refractivity contribution in [2.75, 3.05) is 7.11 Å². The van der Waals surface area contributed by atoms with Gasteiger partial charge in [0.05, 0.1) is 12.7 Å². The van der Waals surface area contributed by atoms with Gasteiger partial charge in [0, 0.05) is 27.7 Å². The molecule has 7 heteroatoms. The van der Waals surface area contributed by atoms with Gasteiger partial charge in [-0.05, 0) is 19.9 Å². The number of carbonyl (C=O) groups excluding carboxylic acids is 2. The summed E-state index contributed by atoms with van der Waals surface area (Å²) < 4.78 is 11.0. The number of ketones is 2. The highest BCUT2D eigenvalue weighted by Gasteiger charge is 2.66. The molecule has 3 aliphatic rings. The van der Waals surface area contributed by atoms with Crippen LogP contribution in [0, 0.1) is 5.41 Å². The first kappa shape index (κ1) is 17.6. The van der Waals surface area contributed by atoms with E-state index in [0.717, 1.165) is 0 Å². The second-order valence-electron chi connectivity index (χ2n) is 7.75. The number of ether oxygens (including phenoxy) is 2. The lowest BCUT2D eigenvalue weighted by molar-refractivity contribution is -0.00651. The van der Waals surface area contributed by atoms with E-state index in [1.165, 1.54) is 20.1 Å². The Morgan fingerprint density at radius 3 is 2.41 bits per heavy atom. The van der Waals surface area contributed by atoms with Crippen LogP contribution in [0.4, 0.5) is 0 Å². The number of aromatic hydroxyl groups is 1. The van der Waals surface area contributed by atoms with Crippen LogP contribution >= 0.6 is 0 Å². The molecule has 0 spiro atoms. The number of aliphatic hydroxyl groups excluding tert-OH is 1. The highest BCUT2D eigenvalue weighted by molar-refractivity contribution is 6.24. The fourth-order valence-corrected chi connectivity index (χ4v) is 4.17. The van der Waals surface area contributed by atoms with Crippen LogP contribution in [-0.2, 0) is 4.74 Å². The van der Waals surface area contributed by atoms with E-state index in [1.807, 2.05) is 0 Å². The molecule has 0 bridgehead atoms. The van der Waals surface area contributed by atoms with Crippen molar-refractivity contribution in [2.24, 2.45) is 5.41 Å². The minimum atomic E-state index is -1.98. The number of allylic oxidation sites excluding steroid dienone is 3. The number of aliphatic hydroxyl groups is 2. The molecule has 1 fully saturated rings. The Labute approximate surface area is 155 Å². The number of Topliss-reactive ketones (excluding diaryl/α,β-unsaturated/α-hetero) is 2. The van der Waals surface area contributed by atoms with Crippen LogP contribution in [0.3, 0.4) is 0 Å². The summed E-state index contributed by atoms with van der Waals surface area (Å²) in [5.41, 5.74) is -2.53. The van der Waals surface area contributed by atoms with Gasteiger partial charge in [-0.25, -0.2) is 0 Å². The van der Waals surface area contributed by atoms with Gasteiger partial charge < -0.3 is 24.8 Å². The summed E-state index contributed by atoms with van der Waals surface area (Å²) >= 11 is 0. The number of hydrogen-bond acceptors (Lipinski definition) is 7. The lowest BCUT2D eigenvalue weighted by atomic mass is 9.63. The van der Waals surface area contributed by atoms with Gasteiger partial charge in [0.15, 0.2) is 22.9 Å². The van der Waals surface area contributed by atoms with Crippen LogP contribution in [0.1, 0.15) is 54.0 Å². The van der Waals surface area contributed by atoms with Crippen LogP contribution in [0.15, 0.2) is 23.2 Å². The molecule has 3 N–H and O–H groups in total. The molecule has 0 radical (unpaired) electrons. The molecule has 2 atom stereocenters. The Morgan fingerprint density at radius 1 is 1.19 bits per heavy atom. The van der Waals surface area contributed by atoms with Gasteiger partial charge in [-0.2, -0.15) is 0 Å². The average molecular weight is 372 g/mol. The first-order chi connectivity index (χ1) is 12.5. The number of hydrogen-bond donors (Lipinski definition) is 3. The third-order valence-corrected chi connectivity index (χ3v) is 6.28. The summed E-state index contributed by atoms with van der Waals surface area (Å²) in [5, 5.41) is 32.4. The standard InChI is InChI=1S/C20H20O7/c1-7-11-12-9(6-10(26-5)15(22)13(12)16(23)14(7)21)17(24)20(25)18(11)27-8(2)19(20,3)4/h6,8,21-22,25H,1-5H3. The quantitative estimate of drug-likeness (QED) is 0.694. The highest BCUT2D eigenvalue weighted by atomic mass is 16.5. The Balaban J connectivity index is 2.23. The molecule has 27 heavy (non-hydrogen) atoms. The predicted molar refractivity (Wildman–Crippen MR) is 94.8 cm³/mol. The van der Waals surface area contributed by atoms with Crippen molar-refractivity contribution in [1.82, 2.24) is 0 Å². The molecule has 1 heterocycles. The third-order valence-electron chi connectivity index (χ3n) is 6.28. The number of benzene rings is 1. The molecule has 1 saturated heterocycles. The molecule has 7 nitrogen and oxygen atoms in total. The summed E-state index contributed by atoms with van der Waals surface area (Å²) in [6, 6.07) is 1.31. The van der Waals surface area contributed by atoms with E-state index < -0.39 is 40.2 Å². The minimum Gasteiger partial charge on any atom is -0.504 e. The van der Waals surface area contributed by atoms with Crippen LogP contribution in [0.25, 0.3) is 5.57 Å². The molecule has 0 saturated carbocycles. The maximum Gasteiger partial charge on any atom is 0.232 e. The molecule has 0 amide bonds. The largest absolute Gasteiger partial charge is 0.504 e. The molecule has 2 aliphatic carbocycles. The summed E-state index contributed by atoms with van der Waals surface area (Å²) in [4.78, 5) is 26.1. The Bertz CT molecular complexity index is 1010. The molecule has 1 aliphatic heterocycles. The van der Waals surface area contributed by atoms with Crippen LogP contribution in [-0.4, -0.2) is 45.7 Å². The van der Waals surface area contributed by atoms with Crippen LogP contribution in [0.2, 0.25) is 0 Å². The molecule has 4 rings (SSSR count). The molecule has 1 aromatic rings. The summed E-state index contributed by atoms with van der Waals surface area (Å²) in [6.07, 6.45) is -0.505. The van der Waals surface area contributed by atoms with E-state index in [2.05, 4.69) is 0 Å². The van der Waals surface area contributed by atoms with E-state index in [-0.39, 0.29) is 39.3 Å². The zero-order valence-corrected chi connectivity index (χ0v) is 15.6. The highest BCUT2D eigenvalue weighted by Crippen LogP contribution is 2.59. The number of fused-ring (bicyclic) bond motifs is 1. The first-order valence-electron chi connectivity index (χ1n) is 8.57. The van der Waals surface area contributed by atoms with Gasteiger partial charge in [-0.1, -0.05) is 13.8 Å². The Morgan fingerprint density at radius 2 is 1.81 bits per heavy atom. The van der Waals surface area contributed by atoms with Gasteiger partial charge in [0.2, 0.25) is 11.6 Å². The minimum absolute atomic E-state index is 0.000123. The first-order valence-corrected chi connectivity index (χ1v) is 8.57. The number of phenolic OH excluding ortho intramolecular Hbond substituents is 1. The summed E-state index contributed by atoms with van der Waals surface area (Å²) in [7, 11) is 1.29. The maximum atomic E-state index is 13.4. The predicted octanol–water partition coefficient (Wildman–Crippen LogP) is 2.51. The van der Waals surface area contributed by atoms with Gasteiger partial charge in [-0.15, -0.1) is 0 Å². The molecule has 0 aromatic heterocycles. The average Bonchev–Trinajstić information content (AvgIpc) is 2.80. The van der Waals surface area contributed by atoms with Gasteiger partial charge in [0.1, 0.15) is 11.9 Å². The lowest BCUT2D eigenvalue weighted by Crippen LogP contribution is -2.53. The number of methoxy groups -OCH3 is 1. The number of phenols is 1. The van der Waals surface area contributed by atoms with E-state index in [4.69, 9.17) is 9.47 Å². The second-order valence-corrected chi connectivity index (χ2v) is 7.75. The molecule has 2 unspecified atom stereocenters. The Kier molecular flexibility index (Phi) is 3.21. The second kappa shape index (κ2) is 4.92. The lowest BCUT2D eigenvalue weighted by Gasteiger charge is -2.39.